The van der Waals surface area contributed by atoms with Gasteiger partial charge in [0.05, 0.1) is 12.1 Å². The zero-order chi connectivity index (χ0) is 13.0. The molecule has 0 aromatic heterocycles. The van der Waals surface area contributed by atoms with E-state index in [2.05, 4.69) is 39.8 Å². The second-order valence-electron chi connectivity index (χ2n) is 4.72. The van der Waals surface area contributed by atoms with Crippen LogP contribution in [0.4, 0.5) is 0 Å². The zero-order valence-corrected chi connectivity index (χ0v) is 11.7. The van der Waals surface area contributed by atoms with Crippen molar-refractivity contribution in [2.75, 3.05) is 6.61 Å². The third-order valence-corrected chi connectivity index (χ3v) is 3.43. The quantitative estimate of drug-likeness (QED) is 0.848. The molecule has 0 bridgehead atoms. The van der Waals surface area contributed by atoms with Gasteiger partial charge in [-0.25, -0.2) is 0 Å². The summed E-state index contributed by atoms with van der Waals surface area (Å²) < 4.78 is 5.71. The van der Waals surface area contributed by atoms with Crippen molar-refractivity contribution in [3.05, 3.63) is 34.4 Å². The number of nitrogens with two attached hydrogens (primary N) is 1. The molecule has 1 aromatic carbocycles. The summed E-state index contributed by atoms with van der Waals surface area (Å²) in [5.74, 6) is 0. The largest absolute Gasteiger partial charge is 0.377 e. The highest BCUT2D eigenvalue weighted by Crippen LogP contribution is 2.25. The lowest BCUT2D eigenvalue weighted by Gasteiger charge is -2.25. The Bertz CT molecular complexity index is 373. The van der Waals surface area contributed by atoms with Gasteiger partial charge in [0.1, 0.15) is 0 Å². The SMILES string of the molecule is CCOC(CC)C(N)c1cc(C)c(C)cc1C. The van der Waals surface area contributed by atoms with Gasteiger partial charge >= 0.3 is 0 Å². The molecule has 0 aliphatic heterocycles. The van der Waals surface area contributed by atoms with E-state index in [9.17, 15) is 0 Å². The molecule has 0 aliphatic carbocycles. The molecule has 1 aromatic rings. The summed E-state index contributed by atoms with van der Waals surface area (Å²) in [4.78, 5) is 0. The van der Waals surface area contributed by atoms with E-state index in [1.54, 1.807) is 0 Å². The van der Waals surface area contributed by atoms with Gasteiger partial charge in [0.15, 0.2) is 0 Å². The van der Waals surface area contributed by atoms with E-state index in [1.807, 2.05) is 6.92 Å². The van der Waals surface area contributed by atoms with E-state index in [1.165, 1.54) is 22.3 Å². The standard InChI is InChI=1S/C15H25NO/c1-6-14(17-7-2)15(16)13-9-11(4)10(3)8-12(13)5/h8-9,14-15H,6-7,16H2,1-5H3. The van der Waals surface area contributed by atoms with Crippen molar-refractivity contribution in [2.45, 2.75) is 53.2 Å². The van der Waals surface area contributed by atoms with Gasteiger partial charge in [-0.2, -0.15) is 0 Å². The molecule has 2 heteroatoms. The number of rotatable bonds is 5. The van der Waals surface area contributed by atoms with Crippen LogP contribution in [0.25, 0.3) is 0 Å². The van der Waals surface area contributed by atoms with Crippen molar-refractivity contribution in [2.24, 2.45) is 5.73 Å². The Labute approximate surface area is 105 Å². The second kappa shape index (κ2) is 6.18. The van der Waals surface area contributed by atoms with Crippen LogP contribution in [0.2, 0.25) is 0 Å². The third-order valence-electron chi connectivity index (χ3n) is 3.43. The average Bonchev–Trinajstić information content (AvgIpc) is 2.30. The van der Waals surface area contributed by atoms with Gasteiger partial charge in [0.25, 0.3) is 0 Å². The topological polar surface area (TPSA) is 35.2 Å². The summed E-state index contributed by atoms with van der Waals surface area (Å²) in [7, 11) is 0. The Morgan fingerprint density at radius 3 is 2.18 bits per heavy atom. The lowest BCUT2D eigenvalue weighted by molar-refractivity contribution is 0.0412. The van der Waals surface area contributed by atoms with Crippen molar-refractivity contribution in [3.8, 4) is 0 Å². The highest BCUT2D eigenvalue weighted by molar-refractivity contribution is 5.38. The maximum absolute atomic E-state index is 6.33. The van der Waals surface area contributed by atoms with Gasteiger partial charge < -0.3 is 10.5 Å². The third kappa shape index (κ3) is 3.30. The number of benzene rings is 1. The average molecular weight is 235 g/mol. The molecule has 0 radical (unpaired) electrons. The molecular formula is C15H25NO. The first-order chi connectivity index (χ1) is 8.01. The lowest BCUT2D eigenvalue weighted by atomic mass is 9.92. The molecule has 2 nitrogen and oxygen atoms in total. The maximum Gasteiger partial charge on any atom is 0.0764 e. The Hall–Kier alpha value is -0.860. The molecule has 0 aliphatic rings. The van der Waals surface area contributed by atoms with Crippen molar-refractivity contribution in [1.29, 1.82) is 0 Å². The van der Waals surface area contributed by atoms with Gasteiger partial charge in [-0.1, -0.05) is 19.1 Å². The summed E-state index contributed by atoms with van der Waals surface area (Å²) in [6, 6.07) is 4.39. The van der Waals surface area contributed by atoms with Crippen LogP contribution in [0.5, 0.6) is 0 Å². The molecular weight excluding hydrogens is 210 g/mol. The van der Waals surface area contributed by atoms with Crippen LogP contribution in [0.3, 0.4) is 0 Å². The predicted octanol–water partition coefficient (Wildman–Crippen LogP) is 3.43. The minimum absolute atomic E-state index is 0.0285. The van der Waals surface area contributed by atoms with Gasteiger partial charge in [-0.05, 0) is 56.4 Å². The Morgan fingerprint density at radius 1 is 1.06 bits per heavy atom. The van der Waals surface area contributed by atoms with Crippen LogP contribution in [0.1, 0.15) is 48.6 Å². The molecule has 2 atom stereocenters. The number of hydrogen-bond acceptors (Lipinski definition) is 2. The molecule has 0 saturated heterocycles. The molecule has 0 fully saturated rings. The maximum atomic E-state index is 6.33. The monoisotopic (exact) mass is 235 g/mol. The van der Waals surface area contributed by atoms with Crippen LogP contribution in [-0.4, -0.2) is 12.7 Å². The van der Waals surface area contributed by atoms with E-state index in [-0.39, 0.29) is 12.1 Å². The molecule has 17 heavy (non-hydrogen) atoms. The van der Waals surface area contributed by atoms with Crippen LogP contribution < -0.4 is 5.73 Å². The molecule has 0 saturated carbocycles. The first-order valence-corrected chi connectivity index (χ1v) is 6.46. The number of aryl methyl sites for hydroxylation is 3. The lowest BCUT2D eigenvalue weighted by Crippen LogP contribution is -2.29. The van der Waals surface area contributed by atoms with Crippen molar-refractivity contribution in [3.63, 3.8) is 0 Å². The highest BCUT2D eigenvalue weighted by Gasteiger charge is 2.20. The molecule has 1 rings (SSSR count). The smallest absolute Gasteiger partial charge is 0.0764 e. The van der Waals surface area contributed by atoms with E-state index in [4.69, 9.17) is 10.5 Å². The van der Waals surface area contributed by atoms with E-state index < -0.39 is 0 Å². The summed E-state index contributed by atoms with van der Waals surface area (Å²) in [5, 5.41) is 0. The number of ether oxygens (including phenoxy) is 1. The van der Waals surface area contributed by atoms with E-state index in [0.29, 0.717) is 0 Å². The Kier molecular flexibility index (Phi) is 5.16. The summed E-state index contributed by atoms with van der Waals surface area (Å²) in [6.07, 6.45) is 1.06. The normalized spacial score (nSPS) is 14.7. The molecule has 0 amide bonds. The molecule has 2 N–H and O–H groups in total. The van der Waals surface area contributed by atoms with Crippen molar-refractivity contribution >= 4 is 0 Å². The van der Waals surface area contributed by atoms with Crippen LogP contribution in [0, 0.1) is 20.8 Å². The van der Waals surface area contributed by atoms with Gasteiger partial charge in [0, 0.05) is 6.61 Å². The Balaban J connectivity index is 3.02. The molecule has 96 valence electrons. The highest BCUT2D eigenvalue weighted by atomic mass is 16.5. The second-order valence-corrected chi connectivity index (χ2v) is 4.72. The summed E-state index contributed by atoms with van der Waals surface area (Å²) in [5.41, 5.74) is 11.4. The fourth-order valence-corrected chi connectivity index (χ4v) is 2.23. The molecule has 0 heterocycles. The summed E-state index contributed by atoms with van der Waals surface area (Å²) in [6.45, 7) is 11.2. The minimum Gasteiger partial charge on any atom is -0.377 e. The van der Waals surface area contributed by atoms with Gasteiger partial charge in [0.2, 0.25) is 0 Å². The predicted molar refractivity (Wildman–Crippen MR) is 73.3 cm³/mol. The molecule has 0 spiro atoms. The minimum atomic E-state index is -0.0285. The van der Waals surface area contributed by atoms with E-state index >= 15 is 0 Å². The van der Waals surface area contributed by atoms with Crippen LogP contribution >= 0.6 is 0 Å². The fourth-order valence-electron chi connectivity index (χ4n) is 2.23. The zero-order valence-electron chi connectivity index (χ0n) is 11.7. The van der Waals surface area contributed by atoms with Crippen LogP contribution in [0.15, 0.2) is 12.1 Å². The van der Waals surface area contributed by atoms with Gasteiger partial charge in [-0.15, -0.1) is 0 Å². The van der Waals surface area contributed by atoms with Crippen molar-refractivity contribution in [1.82, 2.24) is 0 Å². The molecule has 2 unspecified atom stereocenters. The number of hydrogen-bond donors (Lipinski definition) is 1. The van der Waals surface area contributed by atoms with Gasteiger partial charge in [-0.3, -0.25) is 0 Å². The fraction of sp³-hybridized carbons (Fsp3) is 0.600. The van der Waals surface area contributed by atoms with Crippen molar-refractivity contribution < 1.29 is 4.74 Å². The van der Waals surface area contributed by atoms with E-state index in [0.717, 1.165) is 13.0 Å². The first kappa shape index (κ1) is 14.2. The first-order valence-electron chi connectivity index (χ1n) is 6.46. The summed E-state index contributed by atoms with van der Waals surface area (Å²) >= 11 is 0. The Morgan fingerprint density at radius 2 is 1.65 bits per heavy atom. The van der Waals surface area contributed by atoms with Crippen LogP contribution in [-0.2, 0) is 4.74 Å².